The highest BCUT2D eigenvalue weighted by Crippen LogP contribution is 2.11. The summed E-state index contributed by atoms with van der Waals surface area (Å²) >= 11 is 0. The fourth-order valence-corrected chi connectivity index (χ4v) is 2.72. The second-order valence-corrected chi connectivity index (χ2v) is 6.79. The van der Waals surface area contributed by atoms with Crippen molar-refractivity contribution in [1.82, 2.24) is 0 Å². The Morgan fingerprint density at radius 3 is 1.88 bits per heavy atom. The molecule has 0 spiro atoms. The third kappa shape index (κ3) is 20.6. The quantitative estimate of drug-likeness (QED) is 0.176. The first-order valence-electron chi connectivity index (χ1n) is 10.2. The molecule has 0 saturated heterocycles. The van der Waals surface area contributed by atoms with E-state index in [0.717, 1.165) is 51.4 Å². The number of aliphatic carboxylic acids is 1. The van der Waals surface area contributed by atoms with Gasteiger partial charge in [-0.05, 0) is 31.8 Å². The van der Waals surface area contributed by atoms with E-state index in [2.05, 4.69) is 6.92 Å². The van der Waals surface area contributed by atoms with Crippen LogP contribution in [0.15, 0.2) is 12.3 Å². The van der Waals surface area contributed by atoms with Gasteiger partial charge in [-0.1, -0.05) is 71.1 Å². The van der Waals surface area contributed by atoms with Gasteiger partial charge >= 0.3 is 11.9 Å². The van der Waals surface area contributed by atoms with Crippen molar-refractivity contribution >= 4 is 11.9 Å². The zero-order valence-corrected chi connectivity index (χ0v) is 16.1. The zero-order valence-electron chi connectivity index (χ0n) is 16.1. The number of carboxylic acids is 1. The van der Waals surface area contributed by atoms with Crippen LogP contribution < -0.4 is 0 Å². The van der Waals surface area contributed by atoms with Crippen molar-refractivity contribution in [2.24, 2.45) is 0 Å². The molecule has 0 bridgehead atoms. The van der Waals surface area contributed by atoms with E-state index in [1.165, 1.54) is 38.5 Å². The number of unbranched alkanes of at least 4 members (excludes halogenated alkanes) is 12. The Morgan fingerprint density at radius 1 is 0.760 bits per heavy atom. The third-order valence-corrected chi connectivity index (χ3v) is 4.29. The molecule has 0 aliphatic rings. The number of carboxylic acid groups (broad SMARTS) is 1. The van der Waals surface area contributed by atoms with Gasteiger partial charge in [0.2, 0.25) is 0 Å². The number of hydrogen-bond acceptors (Lipinski definition) is 3. The summed E-state index contributed by atoms with van der Waals surface area (Å²) < 4.78 is 5.09. The summed E-state index contributed by atoms with van der Waals surface area (Å²) in [5, 5.41) is 8.54. The number of allylic oxidation sites excluding steroid dienone is 1. The van der Waals surface area contributed by atoms with Crippen molar-refractivity contribution in [3.8, 4) is 0 Å². The smallest absolute Gasteiger partial charge is 0.310 e. The maximum atomic E-state index is 11.6. The van der Waals surface area contributed by atoms with Crippen LogP contribution in [0.2, 0.25) is 0 Å². The molecule has 0 radical (unpaired) electrons. The van der Waals surface area contributed by atoms with Crippen LogP contribution in [0.3, 0.4) is 0 Å². The van der Waals surface area contributed by atoms with Crippen LogP contribution in [0.4, 0.5) is 0 Å². The number of hydrogen-bond donors (Lipinski definition) is 1. The zero-order chi connectivity index (χ0) is 18.6. The highest BCUT2D eigenvalue weighted by molar-refractivity contribution is 5.69. The largest absolute Gasteiger partial charge is 0.481 e. The number of carbonyl (C=O) groups excluding carboxylic acids is 1. The van der Waals surface area contributed by atoms with Gasteiger partial charge in [-0.25, -0.2) is 0 Å². The predicted molar refractivity (Wildman–Crippen MR) is 102 cm³/mol. The number of ether oxygens (including phenoxy) is 1. The normalized spacial score (nSPS) is 11.1. The molecular weight excluding hydrogens is 316 g/mol. The van der Waals surface area contributed by atoms with E-state index in [9.17, 15) is 9.59 Å². The summed E-state index contributed by atoms with van der Waals surface area (Å²) in [6.07, 6.45) is 19.9. The highest BCUT2D eigenvalue weighted by Gasteiger charge is 2.01. The highest BCUT2D eigenvalue weighted by atomic mass is 16.5. The lowest BCUT2D eigenvalue weighted by Gasteiger charge is -2.02. The molecule has 0 aromatic heterocycles. The molecular formula is C21H38O4. The lowest BCUT2D eigenvalue weighted by Crippen LogP contribution is -1.98. The van der Waals surface area contributed by atoms with Crippen molar-refractivity contribution in [3.05, 3.63) is 12.3 Å². The fourth-order valence-electron chi connectivity index (χ4n) is 2.72. The van der Waals surface area contributed by atoms with Crippen molar-refractivity contribution < 1.29 is 19.4 Å². The van der Waals surface area contributed by atoms with Gasteiger partial charge in [-0.3, -0.25) is 9.59 Å². The average Bonchev–Trinajstić information content (AvgIpc) is 2.58. The van der Waals surface area contributed by atoms with Gasteiger partial charge in [0.25, 0.3) is 0 Å². The summed E-state index contributed by atoms with van der Waals surface area (Å²) in [6, 6.07) is 0. The summed E-state index contributed by atoms with van der Waals surface area (Å²) in [4.78, 5) is 21.9. The van der Waals surface area contributed by atoms with Crippen molar-refractivity contribution in [2.75, 3.05) is 0 Å². The van der Waals surface area contributed by atoms with Crippen LogP contribution in [-0.2, 0) is 14.3 Å². The first kappa shape index (κ1) is 23.7. The Kier molecular flexibility index (Phi) is 18.0. The van der Waals surface area contributed by atoms with Crippen LogP contribution in [-0.4, -0.2) is 17.0 Å². The monoisotopic (exact) mass is 354 g/mol. The molecule has 1 N–H and O–H groups in total. The van der Waals surface area contributed by atoms with Gasteiger partial charge < -0.3 is 9.84 Å². The van der Waals surface area contributed by atoms with Crippen LogP contribution >= 0.6 is 0 Å². The molecule has 0 aromatic carbocycles. The molecule has 0 fully saturated rings. The van der Waals surface area contributed by atoms with Crippen molar-refractivity contribution in [1.29, 1.82) is 0 Å². The maximum Gasteiger partial charge on any atom is 0.310 e. The molecule has 0 heterocycles. The third-order valence-electron chi connectivity index (χ3n) is 4.29. The second kappa shape index (κ2) is 19.0. The molecule has 0 rings (SSSR count). The Bertz CT molecular complexity index is 350. The number of rotatable bonds is 18. The van der Waals surface area contributed by atoms with E-state index in [1.54, 1.807) is 6.26 Å². The van der Waals surface area contributed by atoms with E-state index < -0.39 is 5.97 Å². The van der Waals surface area contributed by atoms with Crippen LogP contribution in [0.5, 0.6) is 0 Å². The average molecular weight is 355 g/mol. The fraction of sp³-hybridized carbons (Fsp3) is 0.810. The van der Waals surface area contributed by atoms with Crippen LogP contribution in [0, 0.1) is 0 Å². The van der Waals surface area contributed by atoms with Crippen LogP contribution in [0.25, 0.3) is 0 Å². The Hall–Kier alpha value is -1.32. The first-order chi connectivity index (χ1) is 12.2. The van der Waals surface area contributed by atoms with Crippen molar-refractivity contribution in [2.45, 2.75) is 110 Å². The second-order valence-electron chi connectivity index (χ2n) is 6.79. The Morgan fingerprint density at radius 2 is 1.28 bits per heavy atom. The Labute approximate surface area is 154 Å². The molecule has 4 heteroatoms. The predicted octanol–water partition coefficient (Wildman–Crippen LogP) is 6.39. The van der Waals surface area contributed by atoms with E-state index in [0.29, 0.717) is 6.42 Å². The molecule has 0 atom stereocenters. The molecule has 0 aliphatic carbocycles. The van der Waals surface area contributed by atoms with E-state index in [1.807, 2.05) is 6.08 Å². The standard InChI is InChI=1S/C21H38O4/c1-2-3-4-5-10-13-16-19-25-21(24)18-15-12-9-7-6-8-11-14-17-20(22)23/h16,19H,2-15,17-18H2,1H3,(H,22,23). The Balaban J connectivity index is 3.26. The van der Waals surface area contributed by atoms with Crippen molar-refractivity contribution in [3.63, 3.8) is 0 Å². The van der Waals surface area contributed by atoms with E-state index in [-0.39, 0.29) is 12.4 Å². The maximum absolute atomic E-state index is 11.6. The van der Waals surface area contributed by atoms with Gasteiger partial charge in [0.15, 0.2) is 0 Å². The topological polar surface area (TPSA) is 63.6 Å². The molecule has 146 valence electrons. The summed E-state index contributed by atoms with van der Waals surface area (Å²) in [6.45, 7) is 2.21. The SMILES string of the molecule is CCCCCCCC=COC(=O)CCCCCCCCCCC(=O)O. The number of carbonyl (C=O) groups is 2. The number of esters is 1. The molecule has 0 aliphatic heterocycles. The minimum atomic E-state index is -0.700. The molecule has 0 saturated carbocycles. The summed E-state index contributed by atoms with van der Waals surface area (Å²) in [7, 11) is 0. The minimum Gasteiger partial charge on any atom is -0.481 e. The molecule has 4 nitrogen and oxygen atoms in total. The van der Waals surface area contributed by atoms with Crippen LogP contribution in [0.1, 0.15) is 110 Å². The lowest BCUT2D eigenvalue weighted by atomic mass is 10.1. The van der Waals surface area contributed by atoms with Gasteiger partial charge in [-0.15, -0.1) is 0 Å². The summed E-state index contributed by atoms with van der Waals surface area (Å²) in [5.74, 6) is -0.829. The first-order valence-corrected chi connectivity index (χ1v) is 10.2. The van der Waals surface area contributed by atoms with Gasteiger partial charge in [0.1, 0.15) is 0 Å². The molecule has 0 aromatic rings. The van der Waals surface area contributed by atoms with Gasteiger partial charge in [-0.2, -0.15) is 0 Å². The molecule has 25 heavy (non-hydrogen) atoms. The minimum absolute atomic E-state index is 0.129. The summed E-state index contributed by atoms with van der Waals surface area (Å²) in [5.41, 5.74) is 0. The molecule has 0 unspecified atom stereocenters. The van der Waals surface area contributed by atoms with E-state index in [4.69, 9.17) is 9.84 Å². The van der Waals surface area contributed by atoms with E-state index >= 15 is 0 Å². The molecule has 0 amide bonds. The van der Waals surface area contributed by atoms with Gasteiger partial charge in [0, 0.05) is 12.8 Å². The lowest BCUT2D eigenvalue weighted by molar-refractivity contribution is -0.138. The van der Waals surface area contributed by atoms with Gasteiger partial charge in [0.05, 0.1) is 6.26 Å².